The molecule has 0 bridgehead atoms. The van der Waals surface area contributed by atoms with Gasteiger partial charge in [-0.1, -0.05) is 12.1 Å². The van der Waals surface area contributed by atoms with Crippen molar-refractivity contribution in [2.45, 2.75) is 17.4 Å². The monoisotopic (exact) mass is 372 g/mol. The van der Waals surface area contributed by atoms with Gasteiger partial charge in [-0.15, -0.1) is 0 Å². The largest absolute Gasteiger partial charge is 0.340 e. The van der Waals surface area contributed by atoms with Crippen LogP contribution in [0.15, 0.2) is 29.2 Å². The molecule has 2 aliphatic heterocycles. The lowest BCUT2D eigenvalue weighted by Gasteiger charge is -2.25. The Hall–Kier alpha value is -1.94. The number of fused-ring (bicyclic) bond motifs is 1. The Kier molecular flexibility index (Phi) is 3.91. The second kappa shape index (κ2) is 5.55. The summed E-state index contributed by atoms with van der Waals surface area (Å²) >= 11 is 0. The van der Waals surface area contributed by atoms with E-state index in [1.54, 1.807) is 6.07 Å². The highest BCUT2D eigenvalue weighted by molar-refractivity contribution is 7.91. The molecule has 130 valence electrons. The molecule has 0 unspecified atom stereocenters. The molecular weight excluding hydrogens is 356 g/mol. The number of likely N-dealkylation sites (N-methyl/N-ethyl adjacent to an activating group) is 1. The van der Waals surface area contributed by atoms with Crippen molar-refractivity contribution in [2.24, 2.45) is 0 Å². The van der Waals surface area contributed by atoms with Gasteiger partial charge in [0.05, 0.1) is 17.1 Å². The summed E-state index contributed by atoms with van der Waals surface area (Å²) in [6, 6.07) is 5.27. The first-order valence-corrected chi connectivity index (χ1v) is 10.5. The van der Waals surface area contributed by atoms with Gasteiger partial charge in [0.25, 0.3) is 15.9 Å². The number of hydrogen-bond donors (Lipinski definition) is 0. The van der Waals surface area contributed by atoms with Gasteiger partial charge in [-0.2, -0.15) is 0 Å². The van der Waals surface area contributed by atoms with Gasteiger partial charge in [-0.05, 0) is 18.6 Å². The number of sulfone groups is 1. The van der Waals surface area contributed by atoms with Gasteiger partial charge in [-0.3, -0.25) is 9.59 Å². The van der Waals surface area contributed by atoms with Crippen LogP contribution in [0.2, 0.25) is 0 Å². The molecule has 24 heavy (non-hydrogen) atoms. The van der Waals surface area contributed by atoms with Gasteiger partial charge in [0.2, 0.25) is 5.91 Å². The van der Waals surface area contributed by atoms with Crippen LogP contribution < -0.4 is 0 Å². The Balaban J connectivity index is 1.80. The third kappa shape index (κ3) is 2.69. The van der Waals surface area contributed by atoms with E-state index >= 15 is 0 Å². The summed E-state index contributed by atoms with van der Waals surface area (Å²) in [7, 11) is -5.80. The van der Waals surface area contributed by atoms with E-state index < -0.39 is 44.3 Å². The van der Waals surface area contributed by atoms with Gasteiger partial charge in [-0.25, -0.2) is 21.1 Å². The normalized spacial score (nSPS) is 24.0. The summed E-state index contributed by atoms with van der Waals surface area (Å²) in [4.78, 5) is 25.7. The summed E-state index contributed by atoms with van der Waals surface area (Å²) in [6.45, 7) is -0.636. The number of carbonyl (C=O) groups is 2. The number of hydrogen-bond acceptors (Lipinski definition) is 6. The minimum atomic E-state index is -4.05. The molecule has 2 heterocycles. The van der Waals surface area contributed by atoms with Gasteiger partial charge < -0.3 is 4.90 Å². The molecule has 1 saturated heterocycles. The highest BCUT2D eigenvalue weighted by Gasteiger charge is 2.43. The molecule has 1 fully saturated rings. The topological polar surface area (TPSA) is 109 Å². The molecule has 2 amide bonds. The molecule has 0 saturated carbocycles. The van der Waals surface area contributed by atoms with Crippen LogP contribution in [0.4, 0.5) is 0 Å². The van der Waals surface area contributed by atoms with Crippen molar-refractivity contribution >= 4 is 31.7 Å². The van der Waals surface area contributed by atoms with Crippen molar-refractivity contribution in [3.05, 3.63) is 29.8 Å². The van der Waals surface area contributed by atoms with Crippen LogP contribution in [0.25, 0.3) is 0 Å². The van der Waals surface area contributed by atoms with E-state index in [1.165, 1.54) is 30.1 Å². The zero-order valence-corrected chi connectivity index (χ0v) is 14.5. The molecule has 0 N–H and O–H groups in total. The number of nitrogens with zero attached hydrogens (tertiary/aromatic N) is 2. The minimum absolute atomic E-state index is 0.00166. The van der Waals surface area contributed by atoms with Crippen LogP contribution in [-0.4, -0.2) is 69.0 Å². The maximum absolute atomic E-state index is 12.4. The Labute approximate surface area is 140 Å². The standard InChI is InChI=1S/C14H16N2O6S2/c1-15(10-6-7-23(19,20)9-10)13(17)8-16-14(18)11-4-2-3-5-12(11)24(16,21)22/h2-5,10H,6-9H2,1H3/t10-/m1/s1. The van der Waals surface area contributed by atoms with Crippen molar-refractivity contribution in [1.29, 1.82) is 0 Å². The second-order valence-corrected chi connectivity index (χ2v) is 9.93. The first kappa shape index (κ1) is 16.9. The summed E-state index contributed by atoms with van der Waals surface area (Å²) in [5.41, 5.74) is 0.0383. The van der Waals surface area contributed by atoms with Crippen LogP contribution in [0.5, 0.6) is 0 Å². The molecule has 2 aliphatic rings. The molecule has 10 heteroatoms. The van der Waals surface area contributed by atoms with Crippen molar-refractivity contribution < 1.29 is 26.4 Å². The fourth-order valence-electron chi connectivity index (χ4n) is 2.91. The number of amides is 2. The van der Waals surface area contributed by atoms with E-state index in [2.05, 4.69) is 0 Å². The lowest BCUT2D eigenvalue weighted by molar-refractivity contribution is -0.131. The van der Waals surface area contributed by atoms with Gasteiger partial charge in [0.15, 0.2) is 9.84 Å². The van der Waals surface area contributed by atoms with Gasteiger partial charge in [0.1, 0.15) is 11.4 Å². The number of sulfonamides is 1. The van der Waals surface area contributed by atoms with Crippen LogP contribution >= 0.6 is 0 Å². The maximum atomic E-state index is 12.4. The molecule has 0 spiro atoms. The predicted octanol–water partition coefficient (Wildman–Crippen LogP) is -0.523. The van der Waals surface area contributed by atoms with E-state index in [1.807, 2.05) is 0 Å². The molecule has 0 radical (unpaired) electrons. The van der Waals surface area contributed by atoms with E-state index in [4.69, 9.17) is 0 Å². The number of rotatable bonds is 3. The van der Waals surface area contributed by atoms with E-state index in [0.29, 0.717) is 10.7 Å². The average molecular weight is 372 g/mol. The number of carbonyl (C=O) groups excluding carboxylic acids is 2. The maximum Gasteiger partial charge on any atom is 0.269 e. The third-order valence-corrected chi connectivity index (χ3v) is 7.88. The summed E-state index contributed by atoms with van der Waals surface area (Å²) < 4.78 is 48.4. The summed E-state index contributed by atoms with van der Waals surface area (Å²) in [5.74, 6) is -1.49. The fourth-order valence-corrected chi connectivity index (χ4v) is 6.20. The predicted molar refractivity (Wildman–Crippen MR) is 84.5 cm³/mol. The first-order valence-electron chi connectivity index (χ1n) is 7.26. The molecule has 1 atom stereocenters. The van der Waals surface area contributed by atoms with Crippen molar-refractivity contribution in [1.82, 2.24) is 9.21 Å². The second-order valence-electron chi connectivity index (χ2n) is 5.87. The van der Waals surface area contributed by atoms with Gasteiger partial charge in [0, 0.05) is 13.1 Å². The van der Waals surface area contributed by atoms with E-state index in [0.717, 1.165) is 0 Å². The SMILES string of the molecule is CN(C(=O)CN1C(=O)c2ccccc2S1(=O)=O)[C@@H]1CCS(=O)(=O)C1. The molecule has 8 nitrogen and oxygen atoms in total. The molecule has 3 rings (SSSR count). The molecule has 0 aromatic heterocycles. The van der Waals surface area contributed by atoms with Crippen molar-refractivity contribution in [3.8, 4) is 0 Å². The summed E-state index contributed by atoms with van der Waals surface area (Å²) in [5, 5.41) is 0. The quantitative estimate of drug-likeness (QED) is 0.706. The van der Waals surface area contributed by atoms with E-state index in [9.17, 15) is 26.4 Å². The van der Waals surface area contributed by atoms with Crippen molar-refractivity contribution in [3.63, 3.8) is 0 Å². The zero-order valence-electron chi connectivity index (χ0n) is 12.9. The highest BCUT2D eigenvalue weighted by Crippen LogP contribution is 2.30. The lowest BCUT2D eigenvalue weighted by atomic mass is 10.2. The molecule has 1 aromatic carbocycles. The smallest absolute Gasteiger partial charge is 0.269 e. The summed E-state index contributed by atoms with van der Waals surface area (Å²) in [6.07, 6.45) is 0.311. The highest BCUT2D eigenvalue weighted by atomic mass is 32.2. The first-order chi connectivity index (χ1) is 11.1. The minimum Gasteiger partial charge on any atom is -0.340 e. The Morgan fingerprint density at radius 3 is 2.50 bits per heavy atom. The Morgan fingerprint density at radius 2 is 1.92 bits per heavy atom. The lowest BCUT2D eigenvalue weighted by Crippen LogP contribution is -2.45. The Bertz CT molecular complexity index is 922. The van der Waals surface area contributed by atoms with Crippen LogP contribution in [0, 0.1) is 0 Å². The average Bonchev–Trinajstić information content (AvgIpc) is 2.98. The van der Waals surface area contributed by atoms with Crippen LogP contribution in [0.1, 0.15) is 16.8 Å². The Morgan fingerprint density at radius 1 is 1.25 bits per heavy atom. The number of benzene rings is 1. The molecular formula is C14H16N2O6S2. The molecule has 0 aliphatic carbocycles. The van der Waals surface area contributed by atoms with Crippen molar-refractivity contribution in [2.75, 3.05) is 25.1 Å². The third-order valence-electron chi connectivity index (χ3n) is 4.34. The van der Waals surface area contributed by atoms with E-state index in [-0.39, 0.29) is 22.0 Å². The zero-order chi connectivity index (χ0) is 17.7. The van der Waals surface area contributed by atoms with Crippen LogP contribution in [0.3, 0.4) is 0 Å². The fraction of sp³-hybridized carbons (Fsp3) is 0.429. The molecule has 1 aromatic rings. The van der Waals surface area contributed by atoms with Crippen LogP contribution in [-0.2, 0) is 24.7 Å². The van der Waals surface area contributed by atoms with Gasteiger partial charge >= 0.3 is 0 Å².